The third kappa shape index (κ3) is 5.84. The first-order valence-electron chi connectivity index (χ1n) is 9.71. The molecule has 26 heavy (non-hydrogen) atoms. The fourth-order valence-corrected chi connectivity index (χ4v) is 4.01. The van der Waals surface area contributed by atoms with Crippen molar-refractivity contribution in [1.82, 2.24) is 10.6 Å². The summed E-state index contributed by atoms with van der Waals surface area (Å²) in [5.41, 5.74) is 1.78. The molecule has 2 unspecified atom stereocenters. The van der Waals surface area contributed by atoms with E-state index in [2.05, 4.69) is 59.8 Å². The van der Waals surface area contributed by atoms with Crippen LogP contribution in [-0.2, 0) is 4.74 Å². The summed E-state index contributed by atoms with van der Waals surface area (Å²) >= 11 is 0. The van der Waals surface area contributed by atoms with Crippen molar-refractivity contribution in [2.75, 3.05) is 20.2 Å². The van der Waals surface area contributed by atoms with E-state index in [0.717, 1.165) is 25.5 Å². The standard InChI is InChI=1S/C21H33N3O.HI/c1-21(2)12-9-18(10-13-21)24-20(22-3)23-15-17-11-14-25-19(17)16-7-5-4-6-8-16;/h4-8,17-19H,9-15H2,1-3H3,(H2,22,23,24);1H. The Morgan fingerprint density at radius 3 is 2.50 bits per heavy atom. The van der Waals surface area contributed by atoms with Gasteiger partial charge in [0.15, 0.2) is 5.96 Å². The van der Waals surface area contributed by atoms with Crippen LogP contribution in [0, 0.1) is 11.3 Å². The van der Waals surface area contributed by atoms with Gasteiger partial charge in [-0.2, -0.15) is 0 Å². The molecule has 1 saturated heterocycles. The van der Waals surface area contributed by atoms with Crippen LogP contribution in [0.15, 0.2) is 35.3 Å². The molecule has 1 aromatic carbocycles. The zero-order valence-electron chi connectivity index (χ0n) is 16.3. The minimum Gasteiger partial charge on any atom is -0.373 e. The summed E-state index contributed by atoms with van der Waals surface area (Å²) in [6.07, 6.45) is 6.32. The summed E-state index contributed by atoms with van der Waals surface area (Å²) in [7, 11) is 1.86. The van der Waals surface area contributed by atoms with Crippen molar-refractivity contribution >= 4 is 29.9 Å². The highest BCUT2D eigenvalue weighted by Crippen LogP contribution is 2.35. The van der Waals surface area contributed by atoms with Crippen molar-refractivity contribution in [3.8, 4) is 0 Å². The van der Waals surface area contributed by atoms with Gasteiger partial charge < -0.3 is 15.4 Å². The van der Waals surface area contributed by atoms with Crippen LogP contribution in [-0.4, -0.2) is 32.2 Å². The van der Waals surface area contributed by atoms with E-state index in [0.29, 0.717) is 17.4 Å². The van der Waals surface area contributed by atoms with Crippen molar-refractivity contribution < 1.29 is 4.74 Å². The van der Waals surface area contributed by atoms with Gasteiger partial charge in [0.2, 0.25) is 0 Å². The summed E-state index contributed by atoms with van der Waals surface area (Å²) in [6.45, 7) is 6.49. The van der Waals surface area contributed by atoms with Crippen LogP contribution in [0.25, 0.3) is 0 Å². The second-order valence-corrected chi connectivity index (χ2v) is 8.29. The smallest absolute Gasteiger partial charge is 0.191 e. The number of hydrogen-bond donors (Lipinski definition) is 2. The summed E-state index contributed by atoms with van der Waals surface area (Å²) in [6, 6.07) is 11.1. The van der Waals surface area contributed by atoms with Crippen molar-refractivity contribution in [2.45, 2.75) is 58.1 Å². The number of hydrogen-bond acceptors (Lipinski definition) is 2. The van der Waals surface area contributed by atoms with E-state index in [1.807, 2.05) is 7.05 Å². The molecule has 1 aromatic rings. The maximum absolute atomic E-state index is 5.99. The first kappa shape index (κ1) is 21.5. The van der Waals surface area contributed by atoms with Crippen LogP contribution in [0.5, 0.6) is 0 Å². The predicted molar refractivity (Wildman–Crippen MR) is 119 cm³/mol. The number of halogens is 1. The Morgan fingerprint density at radius 1 is 1.15 bits per heavy atom. The van der Waals surface area contributed by atoms with Crippen LogP contribution in [0.1, 0.15) is 57.6 Å². The van der Waals surface area contributed by atoms with E-state index in [1.165, 1.54) is 31.2 Å². The first-order valence-corrected chi connectivity index (χ1v) is 9.71. The number of aliphatic imine (C=N–C) groups is 1. The summed E-state index contributed by atoms with van der Waals surface area (Å²) in [5, 5.41) is 7.16. The molecule has 0 aromatic heterocycles. The van der Waals surface area contributed by atoms with Gasteiger partial charge in [0, 0.05) is 32.2 Å². The van der Waals surface area contributed by atoms with E-state index in [4.69, 9.17) is 4.74 Å². The number of nitrogens with one attached hydrogen (secondary N) is 2. The van der Waals surface area contributed by atoms with Gasteiger partial charge in [0.1, 0.15) is 0 Å². The largest absolute Gasteiger partial charge is 0.373 e. The molecular formula is C21H34IN3O. The second-order valence-electron chi connectivity index (χ2n) is 8.29. The molecule has 0 bridgehead atoms. The summed E-state index contributed by atoms with van der Waals surface area (Å²) in [4.78, 5) is 4.43. The zero-order chi connectivity index (χ0) is 17.7. The van der Waals surface area contributed by atoms with Gasteiger partial charge >= 0.3 is 0 Å². The molecule has 0 amide bonds. The van der Waals surface area contributed by atoms with E-state index in [9.17, 15) is 0 Å². The predicted octanol–water partition coefficient (Wildman–Crippen LogP) is 4.52. The number of benzene rings is 1. The maximum Gasteiger partial charge on any atom is 0.191 e. The summed E-state index contributed by atoms with van der Waals surface area (Å²) < 4.78 is 5.99. The highest BCUT2D eigenvalue weighted by Gasteiger charge is 2.30. The number of nitrogens with zero attached hydrogens (tertiary/aromatic N) is 1. The van der Waals surface area contributed by atoms with Crippen LogP contribution in [0.3, 0.4) is 0 Å². The molecule has 1 aliphatic carbocycles. The van der Waals surface area contributed by atoms with E-state index >= 15 is 0 Å². The lowest BCUT2D eigenvalue weighted by Gasteiger charge is -2.35. The highest BCUT2D eigenvalue weighted by atomic mass is 127. The zero-order valence-corrected chi connectivity index (χ0v) is 18.7. The quantitative estimate of drug-likeness (QED) is 0.386. The Morgan fingerprint density at radius 2 is 1.85 bits per heavy atom. The number of ether oxygens (including phenoxy) is 1. The van der Waals surface area contributed by atoms with Gasteiger partial charge in [-0.05, 0) is 43.1 Å². The van der Waals surface area contributed by atoms with Gasteiger partial charge in [-0.3, -0.25) is 4.99 Å². The third-order valence-electron chi connectivity index (χ3n) is 5.78. The van der Waals surface area contributed by atoms with Crippen LogP contribution in [0.2, 0.25) is 0 Å². The average molecular weight is 471 g/mol. The molecule has 3 rings (SSSR count). The molecule has 0 radical (unpaired) electrons. The molecule has 1 saturated carbocycles. The normalized spacial score (nSPS) is 26.2. The highest BCUT2D eigenvalue weighted by molar-refractivity contribution is 14.0. The molecule has 4 nitrogen and oxygen atoms in total. The van der Waals surface area contributed by atoms with Gasteiger partial charge in [-0.15, -0.1) is 24.0 Å². The minimum absolute atomic E-state index is 0. The first-order chi connectivity index (χ1) is 12.1. The maximum atomic E-state index is 5.99. The molecule has 0 spiro atoms. The van der Waals surface area contributed by atoms with Gasteiger partial charge in [-0.25, -0.2) is 0 Å². The molecule has 1 heterocycles. The summed E-state index contributed by atoms with van der Waals surface area (Å²) in [5.74, 6) is 1.43. The minimum atomic E-state index is 0. The third-order valence-corrected chi connectivity index (χ3v) is 5.78. The molecule has 2 aliphatic rings. The number of rotatable bonds is 4. The Bertz CT molecular complexity index is 566. The number of guanidine groups is 1. The lowest BCUT2D eigenvalue weighted by molar-refractivity contribution is 0.0915. The van der Waals surface area contributed by atoms with Crippen molar-refractivity contribution in [1.29, 1.82) is 0 Å². The van der Waals surface area contributed by atoms with Gasteiger partial charge in [0.05, 0.1) is 6.10 Å². The Balaban J connectivity index is 0.00000243. The molecule has 146 valence electrons. The van der Waals surface area contributed by atoms with Crippen LogP contribution in [0.4, 0.5) is 0 Å². The fourth-order valence-electron chi connectivity index (χ4n) is 4.01. The van der Waals surface area contributed by atoms with Crippen LogP contribution >= 0.6 is 24.0 Å². The van der Waals surface area contributed by atoms with Gasteiger partial charge in [-0.1, -0.05) is 44.2 Å². The average Bonchev–Trinajstić information content (AvgIpc) is 3.09. The van der Waals surface area contributed by atoms with Crippen molar-refractivity contribution in [3.05, 3.63) is 35.9 Å². The lowest BCUT2D eigenvalue weighted by Crippen LogP contribution is -2.46. The molecule has 2 N–H and O–H groups in total. The van der Waals surface area contributed by atoms with Crippen molar-refractivity contribution in [2.24, 2.45) is 16.3 Å². The Hall–Kier alpha value is -0.820. The van der Waals surface area contributed by atoms with Gasteiger partial charge in [0.25, 0.3) is 0 Å². The topological polar surface area (TPSA) is 45.7 Å². The molecule has 2 fully saturated rings. The van der Waals surface area contributed by atoms with E-state index in [1.54, 1.807) is 0 Å². The molecule has 5 heteroatoms. The van der Waals surface area contributed by atoms with Crippen molar-refractivity contribution in [3.63, 3.8) is 0 Å². The SMILES string of the molecule is CN=C(NCC1CCOC1c1ccccc1)NC1CCC(C)(C)CC1.I. The lowest BCUT2D eigenvalue weighted by atomic mass is 9.75. The molecule has 2 atom stereocenters. The van der Waals surface area contributed by atoms with E-state index < -0.39 is 0 Å². The Kier molecular flexibility index (Phi) is 8.20. The monoisotopic (exact) mass is 471 g/mol. The molecular weight excluding hydrogens is 437 g/mol. The second kappa shape index (κ2) is 9.93. The van der Waals surface area contributed by atoms with E-state index in [-0.39, 0.29) is 30.1 Å². The fraction of sp³-hybridized carbons (Fsp3) is 0.667. The molecule has 1 aliphatic heterocycles. The van der Waals surface area contributed by atoms with Crippen LogP contribution < -0.4 is 10.6 Å². The Labute approximate surface area is 175 Å².